The third-order valence-electron chi connectivity index (χ3n) is 5.05. The van der Waals surface area contributed by atoms with Gasteiger partial charge in [-0.25, -0.2) is 9.97 Å². The van der Waals surface area contributed by atoms with Crippen LogP contribution >= 0.6 is 11.6 Å². The van der Waals surface area contributed by atoms with E-state index in [4.69, 9.17) is 11.6 Å². The number of nitrogens with one attached hydrogen (secondary N) is 2. The zero-order valence-electron chi connectivity index (χ0n) is 15.3. The number of hydrogen-bond acceptors (Lipinski definition) is 4. The first-order valence-corrected chi connectivity index (χ1v) is 9.65. The third kappa shape index (κ3) is 3.62. The maximum Gasteiger partial charge on any atom is 0.224 e. The molecule has 0 atom stereocenters. The monoisotopic (exact) mass is 383 g/mol. The minimum atomic E-state index is 0.143. The minimum Gasteiger partial charge on any atom is -0.369 e. The first kappa shape index (κ1) is 17.8. The smallest absolute Gasteiger partial charge is 0.224 e. The molecule has 0 fully saturated rings. The Hall–Kier alpha value is -2.60. The molecule has 1 aliphatic heterocycles. The van der Waals surface area contributed by atoms with Crippen molar-refractivity contribution in [1.82, 2.24) is 19.9 Å². The van der Waals surface area contributed by atoms with Crippen molar-refractivity contribution in [1.29, 1.82) is 0 Å². The highest BCUT2D eigenvalue weighted by Crippen LogP contribution is 2.26. The molecular formula is C20H22ClN5O. The molecule has 0 bridgehead atoms. The lowest BCUT2D eigenvalue weighted by atomic mass is 10.0. The number of aromatic nitrogens is 3. The molecule has 4 rings (SSSR count). The van der Waals surface area contributed by atoms with Gasteiger partial charge < -0.3 is 15.2 Å². The molecule has 27 heavy (non-hydrogen) atoms. The third-order valence-corrected chi connectivity index (χ3v) is 5.22. The Morgan fingerprint density at radius 3 is 3.04 bits per heavy atom. The summed E-state index contributed by atoms with van der Waals surface area (Å²) in [6, 6.07) is 8.29. The number of hydrogen-bond donors (Lipinski definition) is 2. The predicted octanol–water partition coefficient (Wildman–Crippen LogP) is 3.56. The molecule has 0 unspecified atom stereocenters. The number of nitrogens with zero attached hydrogens (tertiary/aromatic N) is 3. The lowest BCUT2D eigenvalue weighted by molar-refractivity contribution is -0.131. The molecule has 140 valence electrons. The van der Waals surface area contributed by atoms with E-state index in [1.165, 1.54) is 10.9 Å². The summed E-state index contributed by atoms with van der Waals surface area (Å²) in [6.45, 7) is 3.82. The summed E-state index contributed by atoms with van der Waals surface area (Å²) in [5.41, 5.74) is 4.33. The van der Waals surface area contributed by atoms with Crippen LogP contribution in [0.5, 0.6) is 0 Å². The van der Waals surface area contributed by atoms with Gasteiger partial charge in [-0.05, 0) is 36.1 Å². The number of amides is 1. The van der Waals surface area contributed by atoms with E-state index in [1.807, 2.05) is 17.9 Å². The fourth-order valence-corrected chi connectivity index (χ4v) is 3.82. The Morgan fingerprint density at radius 1 is 1.33 bits per heavy atom. The molecule has 7 heteroatoms. The van der Waals surface area contributed by atoms with Crippen LogP contribution in [0.1, 0.15) is 30.2 Å². The number of H-pyrrole nitrogens is 1. The van der Waals surface area contributed by atoms with E-state index >= 15 is 0 Å². The van der Waals surface area contributed by atoms with Gasteiger partial charge in [0.05, 0.1) is 12.2 Å². The Morgan fingerprint density at radius 2 is 2.19 bits per heavy atom. The van der Waals surface area contributed by atoms with Crippen LogP contribution in [0.2, 0.25) is 5.28 Å². The zero-order chi connectivity index (χ0) is 18.8. The van der Waals surface area contributed by atoms with Gasteiger partial charge in [-0.2, -0.15) is 0 Å². The van der Waals surface area contributed by atoms with E-state index < -0.39 is 0 Å². The molecule has 0 aliphatic carbocycles. The van der Waals surface area contributed by atoms with Gasteiger partial charge in [-0.15, -0.1) is 0 Å². The zero-order valence-corrected chi connectivity index (χ0v) is 16.0. The topological polar surface area (TPSA) is 73.9 Å². The van der Waals surface area contributed by atoms with E-state index in [9.17, 15) is 4.79 Å². The largest absolute Gasteiger partial charge is 0.369 e. The molecule has 3 heterocycles. The van der Waals surface area contributed by atoms with Crippen molar-refractivity contribution in [2.75, 3.05) is 18.4 Å². The second kappa shape index (κ2) is 7.56. The molecule has 1 amide bonds. The summed E-state index contributed by atoms with van der Waals surface area (Å²) >= 11 is 6.13. The Balaban J connectivity index is 1.48. The van der Waals surface area contributed by atoms with Gasteiger partial charge in [0.2, 0.25) is 11.2 Å². The maximum absolute atomic E-state index is 12.0. The average molecular weight is 384 g/mol. The summed E-state index contributed by atoms with van der Waals surface area (Å²) in [5.74, 6) is 0.928. The SMILES string of the molecule is CCC(=O)N1CCc2c(nc(Cl)nc2NCCc2c[nH]c3ccccc23)C1. The lowest BCUT2D eigenvalue weighted by Gasteiger charge is -2.29. The van der Waals surface area contributed by atoms with E-state index in [-0.39, 0.29) is 11.2 Å². The van der Waals surface area contributed by atoms with Crippen LogP contribution in [0.25, 0.3) is 10.9 Å². The van der Waals surface area contributed by atoms with Gasteiger partial charge in [-0.1, -0.05) is 25.1 Å². The van der Waals surface area contributed by atoms with E-state index in [0.717, 1.165) is 42.0 Å². The first-order valence-electron chi connectivity index (χ1n) is 9.27. The molecule has 6 nitrogen and oxygen atoms in total. The summed E-state index contributed by atoms with van der Waals surface area (Å²) < 4.78 is 0. The van der Waals surface area contributed by atoms with Crippen molar-refractivity contribution in [3.63, 3.8) is 0 Å². The number of carbonyl (C=O) groups is 1. The summed E-state index contributed by atoms with van der Waals surface area (Å²) in [5, 5.41) is 4.88. The molecular weight excluding hydrogens is 362 g/mol. The molecule has 0 radical (unpaired) electrons. The van der Waals surface area contributed by atoms with Gasteiger partial charge in [0, 0.05) is 42.2 Å². The highest BCUT2D eigenvalue weighted by atomic mass is 35.5. The number of halogens is 1. The number of aromatic amines is 1. The highest BCUT2D eigenvalue weighted by Gasteiger charge is 2.24. The molecule has 2 aromatic heterocycles. The van der Waals surface area contributed by atoms with Crippen LogP contribution in [-0.4, -0.2) is 38.8 Å². The predicted molar refractivity (Wildman–Crippen MR) is 107 cm³/mol. The van der Waals surface area contributed by atoms with Crippen molar-refractivity contribution < 1.29 is 4.79 Å². The van der Waals surface area contributed by atoms with Crippen LogP contribution < -0.4 is 5.32 Å². The molecule has 0 spiro atoms. The number of benzene rings is 1. The molecule has 0 saturated heterocycles. The van der Waals surface area contributed by atoms with Crippen molar-refractivity contribution in [2.45, 2.75) is 32.7 Å². The van der Waals surface area contributed by atoms with Crippen LogP contribution in [0.15, 0.2) is 30.5 Å². The summed E-state index contributed by atoms with van der Waals surface area (Å²) in [4.78, 5) is 25.9. The molecule has 1 aliphatic rings. The standard InChI is InChI=1S/C20H22ClN5O/c1-2-18(27)26-10-8-15-17(12-26)24-20(21)25-19(15)22-9-7-13-11-23-16-6-4-3-5-14(13)16/h3-6,11,23H,2,7-10,12H2,1H3,(H,22,24,25). The van der Waals surface area contributed by atoms with Gasteiger partial charge in [0.1, 0.15) is 5.82 Å². The Labute approximate surface area is 163 Å². The van der Waals surface area contributed by atoms with Gasteiger partial charge in [0.25, 0.3) is 0 Å². The summed E-state index contributed by atoms with van der Waals surface area (Å²) in [6.07, 6.45) is 4.18. The second-order valence-electron chi connectivity index (χ2n) is 6.72. The Bertz CT molecular complexity index is 984. The van der Waals surface area contributed by atoms with Crippen molar-refractivity contribution in [3.8, 4) is 0 Å². The number of para-hydroxylation sites is 1. The summed E-state index contributed by atoms with van der Waals surface area (Å²) in [7, 11) is 0. The molecule has 3 aromatic rings. The van der Waals surface area contributed by atoms with E-state index in [0.29, 0.717) is 19.5 Å². The highest BCUT2D eigenvalue weighted by molar-refractivity contribution is 6.28. The maximum atomic E-state index is 12.0. The minimum absolute atomic E-state index is 0.143. The van der Waals surface area contributed by atoms with Crippen molar-refractivity contribution >= 4 is 34.2 Å². The number of rotatable bonds is 5. The van der Waals surface area contributed by atoms with Gasteiger partial charge in [-0.3, -0.25) is 4.79 Å². The molecule has 0 saturated carbocycles. The fourth-order valence-electron chi connectivity index (χ4n) is 3.64. The van der Waals surface area contributed by atoms with E-state index in [2.05, 4.69) is 44.7 Å². The Kier molecular flexibility index (Phi) is 4.99. The number of fused-ring (bicyclic) bond motifs is 2. The quantitative estimate of drug-likeness (QED) is 0.660. The number of carbonyl (C=O) groups excluding carboxylic acids is 1. The molecule has 2 N–H and O–H groups in total. The van der Waals surface area contributed by atoms with Gasteiger partial charge in [0.15, 0.2) is 0 Å². The fraction of sp³-hybridized carbons (Fsp3) is 0.350. The van der Waals surface area contributed by atoms with Crippen LogP contribution in [0, 0.1) is 0 Å². The van der Waals surface area contributed by atoms with Crippen LogP contribution in [0.4, 0.5) is 5.82 Å². The first-order chi connectivity index (χ1) is 13.2. The average Bonchev–Trinajstić information content (AvgIpc) is 3.10. The molecule has 1 aromatic carbocycles. The number of anilines is 1. The van der Waals surface area contributed by atoms with Gasteiger partial charge >= 0.3 is 0 Å². The van der Waals surface area contributed by atoms with Crippen molar-refractivity contribution in [3.05, 3.63) is 52.6 Å². The lowest BCUT2D eigenvalue weighted by Crippen LogP contribution is -2.36. The van der Waals surface area contributed by atoms with Crippen LogP contribution in [0.3, 0.4) is 0 Å². The second-order valence-corrected chi connectivity index (χ2v) is 7.06. The normalized spacial score (nSPS) is 13.6. The van der Waals surface area contributed by atoms with Crippen molar-refractivity contribution in [2.24, 2.45) is 0 Å². The van der Waals surface area contributed by atoms with E-state index in [1.54, 1.807) is 0 Å². The van der Waals surface area contributed by atoms with Crippen LogP contribution in [-0.2, 0) is 24.2 Å².